The summed E-state index contributed by atoms with van der Waals surface area (Å²) in [5.41, 5.74) is 0.766. The first kappa shape index (κ1) is 15.8. The van der Waals surface area contributed by atoms with Crippen molar-refractivity contribution in [2.24, 2.45) is 0 Å². The van der Waals surface area contributed by atoms with E-state index in [9.17, 15) is 4.79 Å². The van der Waals surface area contributed by atoms with Crippen LogP contribution in [0, 0.1) is 0 Å². The monoisotopic (exact) mass is 290 g/mol. The molecule has 1 fully saturated rings. The highest BCUT2D eigenvalue weighted by Crippen LogP contribution is 2.15. The summed E-state index contributed by atoms with van der Waals surface area (Å²) in [6.45, 7) is 7.01. The van der Waals surface area contributed by atoms with Gasteiger partial charge in [0.1, 0.15) is 5.82 Å². The van der Waals surface area contributed by atoms with Crippen molar-refractivity contribution >= 4 is 17.4 Å². The van der Waals surface area contributed by atoms with Crippen molar-refractivity contribution in [1.82, 2.24) is 10.3 Å². The molecule has 0 aromatic carbocycles. The van der Waals surface area contributed by atoms with Crippen LogP contribution in [0.1, 0.15) is 39.5 Å². The van der Waals surface area contributed by atoms with E-state index in [0.29, 0.717) is 0 Å². The summed E-state index contributed by atoms with van der Waals surface area (Å²) < 4.78 is 0. The zero-order valence-electron chi connectivity index (χ0n) is 13.1. The van der Waals surface area contributed by atoms with Crippen LogP contribution in [0.25, 0.3) is 0 Å². The molecule has 0 aliphatic carbocycles. The van der Waals surface area contributed by atoms with E-state index in [1.165, 1.54) is 6.42 Å². The van der Waals surface area contributed by atoms with Crippen LogP contribution in [-0.2, 0) is 4.79 Å². The van der Waals surface area contributed by atoms with Crippen molar-refractivity contribution in [2.45, 2.75) is 45.6 Å². The number of hydrogen-bond donors (Lipinski definition) is 2. The van der Waals surface area contributed by atoms with Gasteiger partial charge in [-0.25, -0.2) is 4.98 Å². The first-order valence-corrected chi connectivity index (χ1v) is 7.99. The Balaban J connectivity index is 1.94. The molecule has 5 nitrogen and oxygen atoms in total. The third-order valence-corrected chi connectivity index (χ3v) is 3.98. The van der Waals surface area contributed by atoms with Crippen LogP contribution in [0.15, 0.2) is 18.3 Å². The third kappa shape index (κ3) is 4.43. The fourth-order valence-electron chi connectivity index (χ4n) is 2.68. The number of aromatic nitrogens is 1. The lowest BCUT2D eigenvalue weighted by Gasteiger charge is -2.20. The Morgan fingerprint density at radius 3 is 2.81 bits per heavy atom. The minimum atomic E-state index is -0.0741. The summed E-state index contributed by atoms with van der Waals surface area (Å²) in [7, 11) is 0. The Bertz CT molecular complexity index is 434. The third-order valence-electron chi connectivity index (χ3n) is 3.98. The van der Waals surface area contributed by atoms with Crippen molar-refractivity contribution in [2.75, 3.05) is 29.9 Å². The summed E-state index contributed by atoms with van der Waals surface area (Å²) >= 11 is 0. The summed E-state index contributed by atoms with van der Waals surface area (Å²) in [5.74, 6) is 1.000. The lowest BCUT2D eigenvalue weighted by Crippen LogP contribution is -2.39. The second-order valence-electron chi connectivity index (χ2n) is 5.42. The zero-order chi connectivity index (χ0) is 15.1. The standard InChI is InChI=1S/C16H26N4O/c1-3-20(4-2)15-10-9-13(12-18-15)19-16(21)14-8-6-5-7-11-17-14/h9-10,12,14,17H,3-8,11H2,1-2H3,(H,19,21). The lowest BCUT2D eigenvalue weighted by atomic mass is 10.1. The zero-order valence-corrected chi connectivity index (χ0v) is 13.1. The van der Waals surface area contributed by atoms with E-state index < -0.39 is 0 Å². The van der Waals surface area contributed by atoms with Crippen LogP contribution in [0.5, 0.6) is 0 Å². The second-order valence-corrected chi connectivity index (χ2v) is 5.42. The van der Waals surface area contributed by atoms with E-state index in [4.69, 9.17) is 0 Å². The molecule has 21 heavy (non-hydrogen) atoms. The number of nitrogens with one attached hydrogen (secondary N) is 2. The maximum absolute atomic E-state index is 12.2. The average Bonchev–Trinajstić information content (AvgIpc) is 2.79. The van der Waals surface area contributed by atoms with E-state index in [0.717, 1.165) is 50.4 Å². The molecular weight excluding hydrogens is 264 g/mol. The Morgan fingerprint density at radius 1 is 1.33 bits per heavy atom. The van der Waals surface area contributed by atoms with E-state index >= 15 is 0 Å². The molecule has 0 bridgehead atoms. The first-order chi connectivity index (χ1) is 10.2. The highest BCUT2D eigenvalue weighted by Gasteiger charge is 2.19. The smallest absolute Gasteiger partial charge is 0.241 e. The van der Waals surface area contributed by atoms with Crippen molar-refractivity contribution in [3.8, 4) is 0 Å². The largest absolute Gasteiger partial charge is 0.357 e. The van der Waals surface area contributed by atoms with Gasteiger partial charge < -0.3 is 15.5 Å². The second kappa shape index (κ2) is 7.98. The molecule has 1 aliphatic heterocycles. The van der Waals surface area contributed by atoms with Gasteiger partial charge in [0.05, 0.1) is 17.9 Å². The van der Waals surface area contributed by atoms with Gasteiger partial charge in [-0.2, -0.15) is 0 Å². The van der Waals surface area contributed by atoms with Gasteiger partial charge >= 0.3 is 0 Å². The maximum atomic E-state index is 12.2. The molecule has 1 aliphatic rings. The Labute approximate surface area is 127 Å². The van der Waals surface area contributed by atoms with Crippen LogP contribution < -0.4 is 15.5 Å². The van der Waals surface area contributed by atoms with Gasteiger partial charge in [-0.3, -0.25) is 4.79 Å². The lowest BCUT2D eigenvalue weighted by molar-refractivity contribution is -0.118. The van der Waals surface area contributed by atoms with Crippen molar-refractivity contribution in [3.63, 3.8) is 0 Å². The van der Waals surface area contributed by atoms with Crippen LogP contribution >= 0.6 is 0 Å². The van der Waals surface area contributed by atoms with Gasteiger partial charge in [-0.15, -0.1) is 0 Å². The van der Waals surface area contributed by atoms with Crippen LogP contribution in [0.4, 0.5) is 11.5 Å². The molecule has 1 aromatic rings. The highest BCUT2D eigenvalue weighted by molar-refractivity contribution is 5.94. The minimum Gasteiger partial charge on any atom is -0.357 e. The molecule has 1 unspecified atom stereocenters. The summed E-state index contributed by atoms with van der Waals surface area (Å²) in [4.78, 5) is 18.8. The van der Waals surface area contributed by atoms with E-state index in [1.54, 1.807) is 6.20 Å². The van der Waals surface area contributed by atoms with E-state index in [-0.39, 0.29) is 11.9 Å². The fraction of sp³-hybridized carbons (Fsp3) is 0.625. The van der Waals surface area contributed by atoms with E-state index in [1.807, 2.05) is 12.1 Å². The Hall–Kier alpha value is -1.62. The normalized spacial score (nSPS) is 18.9. The summed E-state index contributed by atoms with van der Waals surface area (Å²) in [6, 6.07) is 3.81. The van der Waals surface area contributed by atoms with Crippen LogP contribution in [-0.4, -0.2) is 36.6 Å². The Kier molecular flexibility index (Phi) is 5.99. The number of nitrogens with zero attached hydrogens (tertiary/aromatic N) is 2. The molecule has 0 spiro atoms. The molecular formula is C16H26N4O. The molecule has 0 saturated carbocycles. The van der Waals surface area contributed by atoms with Gasteiger partial charge in [-0.05, 0) is 45.4 Å². The molecule has 2 N–H and O–H groups in total. The number of carbonyl (C=O) groups is 1. The quantitative estimate of drug-likeness (QED) is 0.874. The van der Waals surface area contributed by atoms with Gasteiger partial charge in [0.15, 0.2) is 0 Å². The van der Waals surface area contributed by atoms with Crippen molar-refractivity contribution < 1.29 is 4.79 Å². The molecule has 116 valence electrons. The molecule has 0 radical (unpaired) electrons. The van der Waals surface area contributed by atoms with Gasteiger partial charge in [0.2, 0.25) is 5.91 Å². The van der Waals surface area contributed by atoms with Crippen LogP contribution in [0.2, 0.25) is 0 Å². The number of rotatable bonds is 5. The number of amides is 1. The molecule has 1 atom stereocenters. The predicted octanol–water partition coefficient (Wildman–Crippen LogP) is 2.40. The van der Waals surface area contributed by atoms with Crippen molar-refractivity contribution in [1.29, 1.82) is 0 Å². The number of anilines is 2. The predicted molar refractivity (Wildman–Crippen MR) is 86.7 cm³/mol. The summed E-state index contributed by atoms with van der Waals surface area (Å²) in [5, 5.41) is 6.27. The first-order valence-electron chi connectivity index (χ1n) is 7.99. The molecule has 1 amide bonds. The summed E-state index contributed by atoms with van der Waals surface area (Å²) in [6.07, 6.45) is 6.13. The average molecular weight is 290 g/mol. The van der Waals surface area contributed by atoms with Gasteiger partial charge in [0.25, 0.3) is 0 Å². The van der Waals surface area contributed by atoms with Gasteiger partial charge in [0, 0.05) is 13.1 Å². The number of hydrogen-bond acceptors (Lipinski definition) is 4. The number of carbonyl (C=O) groups excluding carboxylic acids is 1. The SMILES string of the molecule is CCN(CC)c1ccc(NC(=O)C2CCCCCN2)cn1. The Morgan fingerprint density at radius 2 is 2.14 bits per heavy atom. The van der Waals surface area contributed by atoms with Crippen molar-refractivity contribution in [3.05, 3.63) is 18.3 Å². The maximum Gasteiger partial charge on any atom is 0.241 e. The molecule has 2 rings (SSSR count). The molecule has 1 aromatic heterocycles. The van der Waals surface area contributed by atoms with E-state index in [2.05, 4.69) is 34.4 Å². The molecule has 1 saturated heterocycles. The molecule has 2 heterocycles. The number of pyridine rings is 1. The molecule has 5 heteroatoms. The fourth-order valence-corrected chi connectivity index (χ4v) is 2.68. The van der Waals surface area contributed by atoms with Gasteiger partial charge in [-0.1, -0.05) is 12.8 Å². The highest BCUT2D eigenvalue weighted by atomic mass is 16.2. The topological polar surface area (TPSA) is 57.3 Å². The van der Waals surface area contributed by atoms with Crippen LogP contribution in [0.3, 0.4) is 0 Å². The minimum absolute atomic E-state index is 0.0503.